The Hall–Kier alpha value is -0.670. The molecule has 5 nitrogen and oxygen atoms in total. The van der Waals surface area contributed by atoms with Gasteiger partial charge in [0.1, 0.15) is 0 Å². The van der Waals surface area contributed by atoms with Crippen molar-refractivity contribution in [2.45, 2.75) is 24.3 Å². The predicted octanol–water partition coefficient (Wildman–Crippen LogP) is 5.89. The van der Waals surface area contributed by atoms with Gasteiger partial charge in [0.2, 0.25) is 15.9 Å². The minimum atomic E-state index is -3.57. The second-order valence-corrected chi connectivity index (χ2v) is 12.5. The minimum absolute atomic E-state index is 0.116. The van der Waals surface area contributed by atoms with Crippen LogP contribution in [0.25, 0.3) is 0 Å². The first-order valence-electron chi connectivity index (χ1n) is 10.4. The third-order valence-electron chi connectivity index (χ3n) is 5.30. The summed E-state index contributed by atoms with van der Waals surface area (Å²) in [6.07, 6.45) is 1.31. The zero-order valence-corrected chi connectivity index (χ0v) is 22.4. The SMILES string of the molecule is O=C(NCCSCc1ccc(Cl)cc1Cl)C1CCCN(S(=O)(=O)Cc2ccc(Cl)c(Cl)c2)C1. The second-order valence-electron chi connectivity index (χ2n) is 7.78. The molecule has 1 fully saturated rings. The lowest BCUT2D eigenvalue weighted by Gasteiger charge is -2.31. The fraction of sp³-hybridized carbons (Fsp3) is 0.409. The highest BCUT2D eigenvalue weighted by Crippen LogP contribution is 2.27. The number of halogens is 4. The number of amides is 1. The van der Waals surface area contributed by atoms with E-state index in [0.29, 0.717) is 51.6 Å². The molecule has 1 saturated heterocycles. The van der Waals surface area contributed by atoms with E-state index in [-0.39, 0.29) is 24.1 Å². The van der Waals surface area contributed by atoms with Gasteiger partial charge in [-0.25, -0.2) is 12.7 Å². The van der Waals surface area contributed by atoms with Gasteiger partial charge in [-0.1, -0.05) is 58.5 Å². The molecular weight excluding hydrogens is 546 g/mol. The molecular formula is C22H24Cl4N2O3S2. The molecule has 2 aromatic rings. The molecule has 3 rings (SSSR count). The molecule has 1 amide bonds. The Labute approximate surface area is 219 Å². The Balaban J connectivity index is 1.45. The van der Waals surface area contributed by atoms with Gasteiger partial charge in [0.25, 0.3) is 0 Å². The van der Waals surface area contributed by atoms with Gasteiger partial charge in [0.05, 0.1) is 21.7 Å². The van der Waals surface area contributed by atoms with Crippen LogP contribution in [0, 0.1) is 5.92 Å². The molecule has 0 bridgehead atoms. The number of carbonyl (C=O) groups is 1. The molecule has 0 saturated carbocycles. The fourth-order valence-electron chi connectivity index (χ4n) is 3.55. The average molecular weight is 570 g/mol. The average Bonchev–Trinajstić information content (AvgIpc) is 2.77. The van der Waals surface area contributed by atoms with Gasteiger partial charge >= 0.3 is 0 Å². The molecule has 1 atom stereocenters. The van der Waals surface area contributed by atoms with Crippen LogP contribution in [0.3, 0.4) is 0 Å². The standard InChI is InChI=1S/C22H24Cl4N2O3S2/c23-18-5-4-17(20(25)11-18)13-32-9-7-27-22(29)16-2-1-8-28(12-16)33(30,31)14-15-3-6-19(24)21(26)10-15/h3-6,10-11,16H,1-2,7-9,12-14H2,(H,27,29). The molecule has 1 aliphatic heterocycles. The zero-order chi connectivity index (χ0) is 24.0. The van der Waals surface area contributed by atoms with Crippen molar-refractivity contribution in [3.8, 4) is 0 Å². The first-order valence-corrected chi connectivity index (χ1v) is 14.6. The third-order valence-corrected chi connectivity index (χ3v) is 9.45. The summed E-state index contributed by atoms with van der Waals surface area (Å²) in [5.74, 6) is 0.780. The van der Waals surface area contributed by atoms with E-state index in [2.05, 4.69) is 5.32 Å². The molecule has 1 heterocycles. The molecule has 1 unspecified atom stereocenters. The third kappa shape index (κ3) is 7.92. The minimum Gasteiger partial charge on any atom is -0.355 e. The van der Waals surface area contributed by atoms with Crippen LogP contribution in [-0.4, -0.2) is 44.0 Å². The zero-order valence-electron chi connectivity index (χ0n) is 17.7. The summed E-state index contributed by atoms with van der Waals surface area (Å²) < 4.78 is 27.2. The maximum absolute atomic E-state index is 12.9. The number of hydrogen-bond acceptors (Lipinski definition) is 4. The monoisotopic (exact) mass is 568 g/mol. The van der Waals surface area contributed by atoms with E-state index in [1.54, 1.807) is 42.1 Å². The topological polar surface area (TPSA) is 66.5 Å². The molecule has 0 aliphatic carbocycles. The van der Waals surface area contributed by atoms with E-state index < -0.39 is 10.0 Å². The summed E-state index contributed by atoms with van der Waals surface area (Å²) in [6.45, 7) is 1.09. The molecule has 0 spiro atoms. The van der Waals surface area contributed by atoms with Crippen molar-refractivity contribution in [2.24, 2.45) is 5.92 Å². The molecule has 11 heteroatoms. The summed E-state index contributed by atoms with van der Waals surface area (Å²) in [4.78, 5) is 12.6. The van der Waals surface area contributed by atoms with Crippen molar-refractivity contribution >= 4 is 74.1 Å². The van der Waals surface area contributed by atoms with Crippen molar-refractivity contribution in [3.05, 3.63) is 67.6 Å². The van der Waals surface area contributed by atoms with Crippen molar-refractivity contribution < 1.29 is 13.2 Å². The molecule has 0 aromatic heterocycles. The van der Waals surface area contributed by atoms with Crippen molar-refractivity contribution in [2.75, 3.05) is 25.4 Å². The van der Waals surface area contributed by atoms with E-state index in [4.69, 9.17) is 46.4 Å². The Kier molecular flexibility index (Phi) is 10.1. The summed E-state index contributed by atoms with van der Waals surface area (Å²) in [5, 5.41) is 4.85. The first kappa shape index (κ1) is 26.9. The van der Waals surface area contributed by atoms with Crippen LogP contribution >= 0.6 is 58.2 Å². The number of piperidine rings is 1. The van der Waals surface area contributed by atoms with E-state index in [0.717, 1.165) is 17.1 Å². The number of hydrogen-bond donors (Lipinski definition) is 1. The first-order chi connectivity index (χ1) is 15.7. The van der Waals surface area contributed by atoms with E-state index in [1.165, 1.54) is 4.31 Å². The Morgan fingerprint density at radius 3 is 2.58 bits per heavy atom. The summed E-state index contributed by atoms with van der Waals surface area (Å²) in [6, 6.07) is 10.2. The van der Waals surface area contributed by atoms with Gasteiger partial charge in [-0.3, -0.25) is 4.79 Å². The number of benzene rings is 2. The van der Waals surface area contributed by atoms with Crippen molar-refractivity contribution in [1.82, 2.24) is 9.62 Å². The largest absolute Gasteiger partial charge is 0.355 e. The molecule has 1 N–H and O–H groups in total. The Bertz CT molecular complexity index is 1100. The number of rotatable bonds is 9. The van der Waals surface area contributed by atoms with Gasteiger partial charge < -0.3 is 5.32 Å². The maximum Gasteiger partial charge on any atom is 0.224 e. The highest BCUT2D eigenvalue weighted by atomic mass is 35.5. The van der Waals surface area contributed by atoms with Gasteiger partial charge in [-0.15, -0.1) is 0 Å². The lowest BCUT2D eigenvalue weighted by molar-refractivity contribution is -0.125. The molecule has 1 aliphatic rings. The smallest absolute Gasteiger partial charge is 0.224 e. The van der Waals surface area contributed by atoms with Gasteiger partial charge in [-0.05, 0) is 48.2 Å². The number of nitrogens with zero attached hydrogens (tertiary/aromatic N) is 1. The van der Waals surface area contributed by atoms with Crippen LogP contribution in [0.5, 0.6) is 0 Å². The molecule has 2 aromatic carbocycles. The number of sulfonamides is 1. The Morgan fingerprint density at radius 1 is 1.06 bits per heavy atom. The van der Waals surface area contributed by atoms with Gasteiger partial charge in [-0.2, -0.15) is 11.8 Å². The van der Waals surface area contributed by atoms with Crippen LogP contribution in [0.15, 0.2) is 36.4 Å². The van der Waals surface area contributed by atoms with Crippen LogP contribution in [0.4, 0.5) is 0 Å². The lowest BCUT2D eigenvalue weighted by Crippen LogP contribution is -2.46. The van der Waals surface area contributed by atoms with Crippen molar-refractivity contribution in [1.29, 1.82) is 0 Å². The number of nitrogens with one attached hydrogen (secondary N) is 1. The van der Waals surface area contributed by atoms with Crippen LogP contribution in [-0.2, 0) is 26.3 Å². The lowest BCUT2D eigenvalue weighted by atomic mass is 9.99. The second kappa shape index (κ2) is 12.3. The van der Waals surface area contributed by atoms with E-state index >= 15 is 0 Å². The quantitative estimate of drug-likeness (QED) is 0.382. The molecule has 180 valence electrons. The number of carbonyl (C=O) groups excluding carboxylic acids is 1. The van der Waals surface area contributed by atoms with Gasteiger partial charge in [0.15, 0.2) is 0 Å². The van der Waals surface area contributed by atoms with E-state index in [1.807, 2.05) is 6.07 Å². The highest BCUT2D eigenvalue weighted by molar-refractivity contribution is 7.98. The molecule has 0 radical (unpaired) electrons. The molecule has 33 heavy (non-hydrogen) atoms. The summed E-state index contributed by atoms with van der Waals surface area (Å²) in [7, 11) is -3.57. The highest BCUT2D eigenvalue weighted by Gasteiger charge is 2.32. The van der Waals surface area contributed by atoms with Crippen LogP contribution in [0.1, 0.15) is 24.0 Å². The van der Waals surface area contributed by atoms with Gasteiger partial charge in [0, 0.05) is 41.2 Å². The van der Waals surface area contributed by atoms with Crippen LogP contribution < -0.4 is 5.32 Å². The number of thioether (sulfide) groups is 1. The van der Waals surface area contributed by atoms with Crippen LogP contribution in [0.2, 0.25) is 20.1 Å². The normalized spacial score (nSPS) is 17.2. The van der Waals surface area contributed by atoms with E-state index in [9.17, 15) is 13.2 Å². The van der Waals surface area contributed by atoms with Crippen molar-refractivity contribution in [3.63, 3.8) is 0 Å². The summed E-state index contributed by atoms with van der Waals surface area (Å²) in [5.41, 5.74) is 1.56. The summed E-state index contributed by atoms with van der Waals surface area (Å²) >= 11 is 25.7. The maximum atomic E-state index is 12.9. The Morgan fingerprint density at radius 2 is 1.85 bits per heavy atom. The fourth-order valence-corrected chi connectivity index (χ4v) is 6.89. The predicted molar refractivity (Wildman–Crippen MR) is 139 cm³/mol.